The zero-order chi connectivity index (χ0) is 20.7. The van der Waals surface area contributed by atoms with E-state index in [0.29, 0.717) is 6.61 Å². The fraction of sp³-hybridized carbons (Fsp3) is 0.917. The summed E-state index contributed by atoms with van der Waals surface area (Å²) >= 11 is 0. The second-order valence-corrected chi connectivity index (χ2v) is 8.97. The van der Waals surface area contributed by atoms with Crippen LogP contribution >= 0.6 is 8.25 Å². The van der Waals surface area contributed by atoms with Crippen LogP contribution in [0.25, 0.3) is 0 Å². The third-order valence-corrected chi connectivity index (χ3v) is 5.91. The first-order valence-corrected chi connectivity index (χ1v) is 13.3. The van der Waals surface area contributed by atoms with E-state index in [1.165, 1.54) is 103 Å². The second-order valence-electron chi connectivity index (χ2n) is 8.24. The van der Waals surface area contributed by atoms with Gasteiger partial charge in [0.15, 0.2) is 0 Å². The first-order chi connectivity index (χ1) is 13.7. The van der Waals surface area contributed by atoms with Crippen molar-refractivity contribution in [2.75, 3.05) is 6.61 Å². The van der Waals surface area contributed by atoms with Crippen LogP contribution in [0.15, 0.2) is 12.2 Å². The predicted molar refractivity (Wildman–Crippen MR) is 123 cm³/mol. The van der Waals surface area contributed by atoms with E-state index < -0.39 is 8.25 Å². The summed E-state index contributed by atoms with van der Waals surface area (Å²) in [6, 6.07) is 0. The Morgan fingerprint density at radius 2 is 1.18 bits per heavy atom. The van der Waals surface area contributed by atoms with Crippen molar-refractivity contribution in [1.29, 1.82) is 0 Å². The van der Waals surface area contributed by atoms with E-state index >= 15 is 0 Å². The van der Waals surface area contributed by atoms with E-state index in [-0.39, 0.29) is 0 Å². The summed E-state index contributed by atoms with van der Waals surface area (Å²) in [4.78, 5) is 8.51. The van der Waals surface area contributed by atoms with Crippen molar-refractivity contribution in [3.8, 4) is 0 Å². The molecule has 1 atom stereocenters. The summed E-state index contributed by atoms with van der Waals surface area (Å²) < 4.78 is 15.0. The lowest BCUT2D eigenvalue weighted by Gasteiger charge is -2.14. The standard InChI is InChI=1S/C24H47O3P/c1-3-20-24(21-4-2)22-18-16-14-12-10-8-6-5-7-9-11-13-15-17-19-23-27-28(25)26/h5-6,24H,3-4,7-23H2,1-2H3/p+1/b6-5-. The average molecular weight is 416 g/mol. The molecule has 0 bridgehead atoms. The molecule has 0 amide bonds. The van der Waals surface area contributed by atoms with Gasteiger partial charge in [0.25, 0.3) is 0 Å². The Bertz CT molecular complexity index is 352. The lowest BCUT2D eigenvalue weighted by molar-refractivity contribution is 0.273. The highest BCUT2D eigenvalue weighted by molar-refractivity contribution is 7.32. The van der Waals surface area contributed by atoms with Gasteiger partial charge in [-0.05, 0) is 38.0 Å². The van der Waals surface area contributed by atoms with Crippen molar-refractivity contribution >= 4 is 8.25 Å². The van der Waals surface area contributed by atoms with Gasteiger partial charge in [0.05, 0.1) is 0 Å². The van der Waals surface area contributed by atoms with Gasteiger partial charge in [-0.2, -0.15) is 0 Å². The average Bonchev–Trinajstić information content (AvgIpc) is 2.67. The topological polar surface area (TPSA) is 46.5 Å². The van der Waals surface area contributed by atoms with Crippen molar-refractivity contribution in [3.63, 3.8) is 0 Å². The van der Waals surface area contributed by atoms with Gasteiger partial charge in [0, 0.05) is 4.57 Å². The van der Waals surface area contributed by atoms with Gasteiger partial charge < -0.3 is 0 Å². The van der Waals surface area contributed by atoms with E-state index in [4.69, 9.17) is 4.89 Å². The maximum absolute atomic E-state index is 10.3. The molecular weight excluding hydrogens is 367 g/mol. The normalized spacial score (nSPS) is 12.4. The highest BCUT2D eigenvalue weighted by Gasteiger charge is 2.09. The molecule has 28 heavy (non-hydrogen) atoms. The number of rotatable bonds is 22. The molecule has 0 aromatic rings. The zero-order valence-corrected chi connectivity index (χ0v) is 19.8. The summed E-state index contributed by atoms with van der Waals surface area (Å²) in [7, 11) is -2.41. The lowest BCUT2D eigenvalue weighted by atomic mass is 9.92. The molecule has 0 fully saturated rings. The number of hydrogen-bond donors (Lipinski definition) is 1. The van der Waals surface area contributed by atoms with Gasteiger partial charge in [-0.1, -0.05) is 109 Å². The SMILES string of the molecule is CCCC(CCC)CCCCCCC/C=C\CCCCCCCCO[P+](=O)O. The highest BCUT2D eigenvalue weighted by Crippen LogP contribution is 2.21. The Hall–Kier alpha value is -0.240. The zero-order valence-electron chi connectivity index (χ0n) is 18.9. The summed E-state index contributed by atoms with van der Waals surface area (Å²) in [5, 5.41) is 0. The van der Waals surface area contributed by atoms with Crippen molar-refractivity contribution in [2.45, 2.75) is 129 Å². The number of allylic oxidation sites excluding steroid dienone is 2. The quantitative estimate of drug-likeness (QED) is 0.109. The Morgan fingerprint density at radius 3 is 1.68 bits per heavy atom. The maximum Gasteiger partial charge on any atom is 0.694 e. The van der Waals surface area contributed by atoms with Crippen LogP contribution in [0.2, 0.25) is 0 Å². The van der Waals surface area contributed by atoms with Gasteiger partial charge >= 0.3 is 8.25 Å². The molecule has 0 saturated heterocycles. The van der Waals surface area contributed by atoms with Crippen LogP contribution < -0.4 is 0 Å². The molecule has 166 valence electrons. The van der Waals surface area contributed by atoms with Crippen LogP contribution in [0.3, 0.4) is 0 Å². The Morgan fingerprint density at radius 1 is 0.714 bits per heavy atom. The van der Waals surface area contributed by atoms with Gasteiger partial charge in [0.1, 0.15) is 6.61 Å². The molecule has 4 heteroatoms. The minimum absolute atomic E-state index is 0.409. The van der Waals surface area contributed by atoms with Crippen LogP contribution in [0.5, 0.6) is 0 Å². The minimum Gasteiger partial charge on any atom is -0.133 e. The minimum atomic E-state index is -2.41. The van der Waals surface area contributed by atoms with Crippen molar-refractivity contribution < 1.29 is 14.0 Å². The third kappa shape index (κ3) is 22.1. The maximum atomic E-state index is 10.3. The van der Waals surface area contributed by atoms with E-state index in [2.05, 4.69) is 30.5 Å². The van der Waals surface area contributed by atoms with Crippen LogP contribution in [0.4, 0.5) is 0 Å². The molecule has 1 N–H and O–H groups in total. The summed E-state index contributed by atoms with van der Waals surface area (Å²) in [6.07, 6.45) is 28.3. The largest absolute Gasteiger partial charge is 0.694 e. The van der Waals surface area contributed by atoms with Crippen molar-refractivity contribution in [3.05, 3.63) is 12.2 Å². The molecule has 0 saturated carbocycles. The summed E-state index contributed by atoms with van der Waals surface area (Å²) in [5.74, 6) is 0.991. The first-order valence-electron chi connectivity index (χ1n) is 12.1. The lowest BCUT2D eigenvalue weighted by Crippen LogP contribution is -1.99. The Balaban J connectivity index is 3.24. The fourth-order valence-electron chi connectivity index (χ4n) is 3.92. The van der Waals surface area contributed by atoms with Gasteiger partial charge in [-0.3, -0.25) is 0 Å². The molecule has 0 spiro atoms. The Labute approximate surface area is 176 Å². The van der Waals surface area contributed by atoms with E-state index in [1.807, 2.05) is 0 Å². The number of hydrogen-bond acceptors (Lipinski definition) is 2. The molecule has 0 aliphatic carbocycles. The summed E-state index contributed by atoms with van der Waals surface area (Å²) in [5.41, 5.74) is 0. The number of unbranched alkanes of at least 4 members (excludes halogenated alkanes) is 11. The Kier molecular flexibility index (Phi) is 22.8. The molecule has 0 heterocycles. The molecule has 0 aromatic heterocycles. The molecule has 0 aromatic carbocycles. The van der Waals surface area contributed by atoms with Gasteiger partial charge in [-0.25, -0.2) is 0 Å². The fourth-order valence-corrected chi connectivity index (χ4v) is 4.21. The molecule has 0 aliphatic heterocycles. The van der Waals surface area contributed by atoms with Crippen LogP contribution in [-0.2, 0) is 9.09 Å². The molecule has 0 radical (unpaired) electrons. The van der Waals surface area contributed by atoms with E-state index in [0.717, 1.165) is 18.8 Å². The molecular formula is C24H48O3P+. The van der Waals surface area contributed by atoms with Crippen molar-refractivity contribution in [1.82, 2.24) is 0 Å². The van der Waals surface area contributed by atoms with Crippen LogP contribution in [0, 0.1) is 5.92 Å². The molecule has 0 rings (SSSR count). The molecule has 1 unspecified atom stereocenters. The monoisotopic (exact) mass is 415 g/mol. The summed E-state index contributed by atoms with van der Waals surface area (Å²) in [6.45, 7) is 5.05. The van der Waals surface area contributed by atoms with E-state index in [9.17, 15) is 4.57 Å². The van der Waals surface area contributed by atoms with Gasteiger partial charge in [-0.15, -0.1) is 9.42 Å². The van der Waals surface area contributed by atoms with Gasteiger partial charge in [0.2, 0.25) is 0 Å². The first kappa shape index (κ1) is 27.8. The van der Waals surface area contributed by atoms with Crippen molar-refractivity contribution in [2.24, 2.45) is 5.92 Å². The second kappa shape index (κ2) is 23.0. The smallest absolute Gasteiger partial charge is 0.133 e. The van der Waals surface area contributed by atoms with E-state index in [1.54, 1.807) is 0 Å². The highest BCUT2D eigenvalue weighted by atomic mass is 31.1. The predicted octanol–water partition coefficient (Wildman–Crippen LogP) is 8.89. The molecule has 0 aliphatic rings. The third-order valence-electron chi connectivity index (χ3n) is 5.51. The van der Waals surface area contributed by atoms with Crippen LogP contribution in [0.1, 0.15) is 129 Å². The molecule has 3 nitrogen and oxygen atoms in total. The van der Waals surface area contributed by atoms with Crippen LogP contribution in [-0.4, -0.2) is 11.5 Å².